The van der Waals surface area contributed by atoms with E-state index in [4.69, 9.17) is 0 Å². The van der Waals surface area contributed by atoms with E-state index in [1.165, 1.54) is 0 Å². The summed E-state index contributed by atoms with van der Waals surface area (Å²) in [4.78, 5) is 0. The normalized spacial score (nSPS) is 18.3. The van der Waals surface area contributed by atoms with Gasteiger partial charge in [-0.25, -0.2) is 17.6 Å². The molecule has 4 aromatic heterocycles. The standard InChI is InChI=1S/C60H26F4N4/c61-37-21-39(63)53-55-43(17-25(23-65)45-47-27-9-1-5-13-31(27)49(57(45)55)32-14-6-2-10-28(32)47)67-41-19-36-42(20-35(41)51(37)59(53)67)68-44-18-26(24-66)46-48-29-11-3-7-15-33(29)50(34-16-8-4-12-30(34)48)58(46)56(44)54-40(64)22-38(62)52(36)60(54)68/h1-22,47-50H. The fourth-order valence-corrected chi connectivity index (χ4v) is 14.5. The number of rotatable bonds is 0. The summed E-state index contributed by atoms with van der Waals surface area (Å²) >= 11 is 0. The molecule has 0 fully saturated rings. The second-order valence-corrected chi connectivity index (χ2v) is 19.2. The first-order valence-corrected chi connectivity index (χ1v) is 22.8. The number of hydrogen-bond donors (Lipinski definition) is 0. The monoisotopic (exact) mass is 878 g/mol. The van der Waals surface area contributed by atoms with Gasteiger partial charge >= 0.3 is 0 Å². The van der Waals surface area contributed by atoms with Crippen molar-refractivity contribution in [3.63, 3.8) is 0 Å². The van der Waals surface area contributed by atoms with E-state index in [0.717, 1.165) is 78.9 Å². The van der Waals surface area contributed by atoms with Gasteiger partial charge in [0.15, 0.2) is 0 Å². The Morgan fingerprint density at radius 2 is 0.632 bits per heavy atom. The summed E-state index contributed by atoms with van der Waals surface area (Å²) in [6.07, 6.45) is 0. The Balaban J connectivity index is 1.03. The summed E-state index contributed by atoms with van der Waals surface area (Å²) in [5.74, 6) is -4.09. The predicted molar refractivity (Wildman–Crippen MR) is 255 cm³/mol. The third-order valence-electron chi connectivity index (χ3n) is 16.6. The van der Waals surface area contributed by atoms with Crippen molar-refractivity contribution in [2.75, 3.05) is 0 Å². The summed E-state index contributed by atoms with van der Waals surface area (Å²) in [6, 6.07) is 47.1. The summed E-state index contributed by atoms with van der Waals surface area (Å²) in [6.45, 7) is 0. The van der Waals surface area contributed by atoms with Crippen LogP contribution in [0.15, 0.2) is 133 Å². The van der Waals surface area contributed by atoms with Gasteiger partial charge < -0.3 is 8.80 Å². The molecular weight excluding hydrogens is 853 g/mol. The van der Waals surface area contributed by atoms with Crippen LogP contribution in [0, 0.1) is 45.9 Å². The molecule has 8 heteroatoms. The van der Waals surface area contributed by atoms with E-state index in [0.29, 0.717) is 65.8 Å². The Hall–Kier alpha value is -8.72. The number of benzene rings is 9. The molecule has 0 spiro atoms. The Labute approximate surface area is 382 Å². The molecule has 13 aromatic rings. The van der Waals surface area contributed by atoms with E-state index in [-0.39, 0.29) is 45.2 Å². The second-order valence-electron chi connectivity index (χ2n) is 19.2. The molecule has 68 heavy (non-hydrogen) atoms. The molecule has 6 aliphatic carbocycles. The molecular formula is C60H26F4N4. The molecule has 19 rings (SSSR count). The Bertz CT molecular complexity index is 4340. The minimum absolute atomic E-state index is 0.195. The lowest BCUT2D eigenvalue weighted by molar-refractivity contribution is 0.599. The SMILES string of the molecule is N#Cc1cc2c(c3c1C1c4ccccc4C3c3ccccc31)c1c(F)cc(F)c3c4cc5c(cc4n2c31)c1c(F)cc(F)c2c3c4c(c(C#N)cc3n5c12)C1c2ccccc2C4c2ccccc21. The zero-order valence-corrected chi connectivity index (χ0v) is 35.3. The van der Waals surface area contributed by atoms with Crippen LogP contribution in [0.4, 0.5) is 17.6 Å². The number of hydrogen-bond acceptors (Lipinski definition) is 2. The van der Waals surface area contributed by atoms with Gasteiger partial charge in [-0.05, 0) is 91.0 Å². The number of halogens is 4. The highest BCUT2D eigenvalue weighted by molar-refractivity contribution is 6.30. The largest absolute Gasteiger partial charge is 0.308 e. The van der Waals surface area contributed by atoms with E-state index in [2.05, 4.69) is 60.7 Å². The molecule has 4 heterocycles. The van der Waals surface area contributed by atoms with Gasteiger partial charge in [-0.3, -0.25) is 0 Å². The van der Waals surface area contributed by atoms with Gasteiger partial charge in [0.1, 0.15) is 23.3 Å². The lowest BCUT2D eigenvalue weighted by Gasteiger charge is -2.43. The van der Waals surface area contributed by atoms with Crippen molar-refractivity contribution in [2.24, 2.45) is 0 Å². The first-order chi connectivity index (χ1) is 33.4. The molecule has 0 aliphatic heterocycles. The lowest BCUT2D eigenvalue weighted by atomic mass is 9.59. The zero-order valence-electron chi connectivity index (χ0n) is 35.3. The molecule has 0 saturated heterocycles. The average Bonchev–Trinajstić information content (AvgIpc) is 4.09. The maximum absolute atomic E-state index is 17.0. The fourth-order valence-electron chi connectivity index (χ4n) is 14.5. The number of nitriles is 2. The molecule has 6 aliphatic rings. The van der Waals surface area contributed by atoms with Crippen LogP contribution in [0.3, 0.4) is 0 Å². The van der Waals surface area contributed by atoms with Crippen molar-refractivity contribution in [3.8, 4) is 12.1 Å². The number of fused-ring (bicyclic) bond motifs is 12. The smallest absolute Gasteiger partial charge is 0.136 e. The summed E-state index contributed by atoms with van der Waals surface area (Å²) in [7, 11) is 0. The van der Waals surface area contributed by atoms with Crippen molar-refractivity contribution in [1.82, 2.24) is 8.80 Å². The van der Waals surface area contributed by atoms with Crippen molar-refractivity contribution in [3.05, 3.63) is 235 Å². The highest BCUT2D eigenvalue weighted by Crippen LogP contribution is 2.62. The van der Waals surface area contributed by atoms with Crippen LogP contribution in [0.5, 0.6) is 0 Å². The molecule has 4 nitrogen and oxygen atoms in total. The van der Waals surface area contributed by atoms with E-state index < -0.39 is 23.3 Å². The first kappa shape index (κ1) is 35.5. The molecule has 0 amide bonds. The maximum Gasteiger partial charge on any atom is 0.136 e. The van der Waals surface area contributed by atoms with E-state index in [1.54, 1.807) is 0 Å². The molecule has 0 radical (unpaired) electrons. The fraction of sp³-hybridized carbons (Fsp3) is 0.0667. The van der Waals surface area contributed by atoms with Crippen LogP contribution in [0.25, 0.3) is 76.2 Å². The minimum Gasteiger partial charge on any atom is -0.308 e. The molecule has 0 atom stereocenters. The van der Waals surface area contributed by atoms with Crippen LogP contribution >= 0.6 is 0 Å². The topological polar surface area (TPSA) is 56.4 Å². The van der Waals surface area contributed by atoms with E-state index in [9.17, 15) is 10.5 Å². The van der Waals surface area contributed by atoms with Crippen LogP contribution < -0.4 is 0 Å². The molecule has 4 bridgehead atoms. The van der Waals surface area contributed by atoms with Crippen molar-refractivity contribution < 1.29 is 17.6 Å². The predicted octanol–water partition coefficient (Wildman–Crippen LogP) is 14.3. The highest BCUT2D eigenvalue weighted by atomic mass is 19.1. The molecule has 0 N–H and O–H groups in total. The van der Waals surface area contributed by atoms with Crippen LogP contribution in [-0.4, -0.2) is 8.80 Å². The molecule has 0 unspecified atom stereocenters. The third kappa shape index (κ3) is 3.64. The van der Waals surface area contributed by atoms with Crippen molar-refractivity contribution in [1.29, 1.82) is 10.5 Å². The second kappa shape index (κ2) is 11.4. The summed E-state index contributed by atoms with van der Waals surface area (Å²) < 4.78 is 71.7. The van der Waals surface area contributed by atoms with E-state index in [1.807, 2.05) is 81.6 Å². The minimum atomic E-state index is -0.756. The molecule has 0 saturated carbocycles. The van der Waals surface area contributed by atoms with Gasteiger partial charge in [0, 0.05) is 78.9 Å². The van der Waals surface area contributed by atoms with Crippen LogP contribution in [-0.2, 0) is 0 Å². The van der Waals surface area contributed by atoms with Crippen molar-refractivity contribution in [2.45, 2.75) is 23.7 Å². The third-order valence-corrected chi connectivity index (χ3v) is 16.6. The van der Waals surface area contributed by atoms with Gasteiger partial charge in [0.05, 0.1) is 56.4 Å². The van der Waals surface area contributed by atoms with Gasteiger partial charge in [0.25, 0.3) is 0 Å². The van der Waals surface area contributed by atoms with Crippen molar-refractivity contribution >= 4 is 76.2 Å². The van der Waals surface area contributed by atoms with Gasteiger partial charge in [-0.2, -0.15) is 10.5 Å². The zero-order chi connectivity index (χ0) is 44.9. The van der Waals surface area contributed by atoms with E-state index >= 15 is 17.6 Å². The lowest BCUT2D eigenvalue weighted by Crippen LogP contribution is -2.28. The quantitative estimate of drug-likeness (QED) is 0.143. The van der Waals surface area contributed by atoms with Crippen LogP contribution in [0.2, 0.25) is 0 Å². The summed E-state index contributed by atoms with van der Waals surface area (Å²) in [5.41, 5.74) is 15.8. The first-order valence-electron chi connectivity index (χ1n) is 22.8. The molecule has 9 aromatic carbocycles. The average molecular weight is 879 g/mol. The molecule has 314 valence electrons. The highest BCUT2D eigenvalue weighted by Gasteiger charge is 2.47. The number of aromatic nitrogens is 2. The number of nitrogens with zero attached hydrogens (tertiary/aromatic N) is 4. The van der Waals surface area contributed by atoms with Gasteiger partial charge in [-0.15, -0.1) is 0 Å². The summed E-state index contributed by atoms with van der Waals surface area (Å²) in [5, 5.41) is 25.1. The van der Waals surface area contributed by atoms with Gasteiger partial charge in [0.2, 0.25) is 0 Å². The van der Waals surface area contributed by atoms with Crippen LogP contribution in [0.1, 0.15) is 102 Å². The Morgan fingerprint density at radius 3 is 0.941 bits per heavy atom. The maximum atomic E-state index is 17.0. The Kier molecular flexibility index (Phi) is 5.98. The van der Waals surface area contributed by atoms with Gasteiger partial charge in [-0.1, -0.05) is 97.1 Å². The Morgan fingerprint density at radius 1 is 0.338 bits per heavy atom.